The molecule has 0 aromatic rings. The Labute approximate surface area is 209 Å². The Kier molecular flexibility index (Phi) is 19.2. The summed E-state index contributed by atoms with van der Waals surface area (Å²) in [6.45, 7) is 4.51. The monoisotopic (exact) mass is 572 g/mol. The molecule has 0 saturated carbocycles. The molecule has 1 heterocycles. The fourth-order valence-corrected chi connectivity index (χ4v) is 13.7. The fraction of sp³-hybridized carbons (Fsp3) is 0.857. The Morgan fingerprint density at radius 1 is 0.485 bits per heavy atom. The first kappa shape index (κ1) is 30.5. The van der Waals surface area contributed by atoms with Gasteiger partial charge in [0.1, 0.15) is 0 Å². The van der Waals surface area contributed by atoms with Gasteiger partial charge in [0.15, 0.2) is 0 Å². The molecule has 0 unspecified atom stereocenters. The van der Waals surface area contributed by atoms with Crippen molar-refractivity contribution in [3.05, 3.63) is 12.2 Å². The summed E-state index contributed by atoms with van der Waals surface area (Å²) < 4.78 is 13.4. The van der Waals surface area contributed by atoms with Crippen LogP contribution in [0.25, 0.3) is 0 Å². The van der Waals surface area contributed by atoms with E-state index < -0.39 is 19.2 Å². The zero-order chi connectivity index (χ0) is 24.0. The number of rotatable bonds is 22. The van der Waals surface area contributed by atoms with Crippen molar-refractivity contribution in [2.75, 3.05) is 0 Å². The van der Waals surface area contributed by atoms with Gasteiger partial charge in [-0.05, 0) is 0 Å². The molecular weight excluding hydrogens is 519 g/mol. The molecule has 0 saturated heterocycles. The van der Waals surface area contributed by atoms with E-state index in [4.69, 9.17) is 6.15 Å². The van der Waals surface area contributed by atoms with Gasteiger partial charge >= 0.3 is 210 Å². The molecular formula is C28H52O4Sn. The van der Waals surface area contributed by atoms with Crippen LogP contribution in [0.2, 0.25) is 8.87 Å². The van der Waals surface area contributed by atoms with Crippen molar-refractivity contribution in [2.45, 2.75) is 151 Å². The van der Waals surface area contributed by atoms with Crippen molar-refractivity contribution < 1.29 is 15.7 Å². The predicted octanol–water partition coefficient (Wildman–Crippen LogP) is 8.93. The molecule has 0 atom stereocenters. The standard InChI is InChI=1S/2C12H25.C4H4O4.Sn/c2*1-3-5-7-9-11-12-10-8-6-4-2;5-3(6)1-2-4(7)8;/h2*1,3-12H2,2H3;1-2H,(H,5,6)(H,7,8);/q;;;+2/p-2. The quantitative estimate of drug-likeness (QED) is 0.0962. The molecule has 1 aliphatic heterocycles. The van der Waals surface area contributed by atoms with Gasteiger partial charge in [-0.25, -0.2) is 0 Å². The Balaban J connectivity index is 2.27. The van der Waals surface area contributed by atoms with Gasteiger partial charge in [-0.2, -0.15) is 0 Å². The third-order valence-corrected chi connectivity index (χ3v) is 16.4. The van der Waals surface area contributed by atoms with E-state index in [9.17, 15) is 9.59 Å². The van der Waals surface area contributed by atoms with Crippen LogP contribution in [0.5, 0.6) is 0 Å². The summed E-state index contributed by atoms with van der Waals surface area (Å²) in [5.74, 6) is -0.730. The van der Waals surface area contributed by atoms with E-state index >= 15 is 0 Å². The Bertz CT molecular complexity index is 486. The normalized spacial score (nSPS) is 15.3. The van der Waals surface area contributed by atoms with Crippen LogP contribution in [0.1, 0.15) is 142 Å². The Morgan fingerprint density at radius 3 is 1.06 bits per heavy atom. The maximum atomic E-state index is 12.1. The van der Waals surface area contributed by atoms with E-state index in [1.54, 1.807) is 0 Å². The number of carbonyl (C=O) groups excluding carboxylic acids is 2. The molecule has 5 heteroatoms. The van der Waals surface area contributed by atoms with E-state index in [0.29, 0.717) is 0 Å². The minimum absolute atomic E-state index is 0.365. The van der Waals surface area contributed by atoms with Gasteiger partial charge in [0, 0.05) is 0 Å². The van der Waals surface area contributed by atoms with E-state index in [1.807, 2.05) is 0 Å². The van der Waals surface area contributed by atoms with E-state index in [1.165, 1.54) is 115 Å². The number of carbonyl (C=O) groups is 2. The van der Waals surface area contributed by atoms with Crippen LogP contribution in [-0.2, 0) is 15.7 Å². The third kappa shape index (κ3) is 16.7. The molecule has 192 valence electrons. The second-order valence-corrected chi connectivity index (χ2v) is 19.2. The van der Waals surface area contributed by atoms with Crippen LogP contribution in [0.4, 0.5) is 0 Å². The van der Waals surface area contributed by atoms with Crippen LogP contribution in [-0.4, -0.2) is 31.1 Å². The summed E-state index contributed by atoms with van der Waals surface area (Å²) in [5.41, 5.74) is 0. The van der Waals surface area contributed by atoms with Crippen molar-refractivity contribution >= 4 is 31.1 Å². The van der Waals surface area contributed by atoms with Gasteiger partial charge in [0.25, 0.3) is 0 Å². The van der Waals surface area contributed by atoms with Gasteiger partial charge in [-0.1, -0.05) is 0 Å². The third-order valence-electron chi connectivity index (χ3n) is 6.75. The number of hydrogen-bond acceptors (Lipinski definition) is 4. The van der Waals surface area contributed by atoms with E-state index in [2.05, 4.69) is 13.8 Å². The van der Waals surface area contributed by atoms with Gasteiger partial charge in [-0.15, -0.1) is 0 Å². The summed E-state index contributed by atoms with van der Waals surface area (Å²) in [6.07, 6.45) is 28.0. The number of hydrogen-bond donors (Lipinski definition) is 0. The average Bonchev–Trinajstić information content (AvgIpc) is 2.94. The van der Waals surface area contributed by atoms with Crippen molar-refractivity contribution in [1.29, 1.82) is 0 Å². The Morgan fingerprint density at radius 2 is 0.758 bits per heavy atom. The molecule has 0 aliphatic carbocycles. The predicted molar refractivity (Wildman–Crippen MR) is 140 cm³/mol. The van der Waals surface area contributed by atoms with Crippen LogP contribution in [0.15, 0.2) is 12.2 Å². The molecule has 1 aliphatic rings. The Hall–Kier alpha value is -0.521. The summed E-state index contributed by atoms with van der Waals surface area (Å²) >= 11 is -3.69. The zero-order valence-corrected chi connectivity index (χ0v) is 24.7. The number of unbranched alkanes of at least 4 members (excludes halogenated alkanes) is 18. The molecule has 0 fully saturated rings. The molecule has 0 radical (unpaired) electrons. The van der Waals surface area contributed by atoms with Gasteiger partial charge in [0.2, 0.25) is 0 Å². The van der Waals surface area contributed by atoms with Gasteiger partial charge in [-0.3, -0.25) is 0 Å². The summed E-state index contributed by atoms with van der Waals surface area (Å²) in [4.78, 5) is 24.2. The van der Waals surface area contributed by atoms with Crippen molar-refractivity contribution in [1.82, 2.24) is 0 Å². The first-order valence-corrected chi connectivity index (χ1v) is 20.6. The SMILES string of the molecule is CCCCCCCCCCC[CH2][Sn]1([CH2]CCCCCCCCCCC)[O]C(=O)C=CC(=O)[O]1. The van der Waals surface area contributed by atoms with Gasteiger partial charge < -0.3 is 0 Å². The molecule has 0 amide bonds. The van der Waals surface area contributed by atoms with Crippen molar-refractivity contribution in [2.24, 2.45) is 0 Å². The zero-order valence-electron chi connectivity index (χ0n) is 21.8. The molecule has 0 N–H and O–H groups in total. The average molecular weight is 571 g/mol. The molecule has 33 heavy (non-hydrogen) atoms. The van der Waals surface area contributed by atoms with Crippen molar-refractivity contribution in [3.63, 3.8) is 0 Å². The summed E-state index contributed by atoms with van der Waals surface area (Å²) in [6, 6.07) is 0. The van der Waals surface area contributed by atoms with E-state index in [0.717, 1.165) is 34.6 Å². The van der Waals surface area contributed by atoms with Crippen LogP contribution in [0.3, 0.4) is 0 Å². The molecule has 0 bridgehead atoms. The van der Waals surface area contributed by atoms with Crippen LogP contribution < -0.4 is 0 Å². The van der Waals surface area contributed by atoms with Crippen LogP contribution >= 0.6 is 0 Å². The second-order valence-electron chi connectivity index (χ2n) is 9.95. The minimum atomic E-state index is -3.69. The first-order valence-electron chi connectivity index (χ1n) is 14.3. The summed E-state index contributed by atoms with van der Waals surface area (Å²) in [5, 5.41) is 0. The molecule has 0 aromatic heterocycles. The first-order chi connectivity index (χ1) is 16.1. The summed E-state index contributed by atoms with van der Waals surface area (Å²) in [7, 11) is 0. The fourth-order valence-electron chi connectivity index (χ4n) is 4.68. The molecule has 0 aromatic carbocycles. The molecule has 4 nitrogen and oxygen atoms in total. The van der Waals surface area contributed by atoms with Crippen LogP contribution in [0, 0.1) is 0 Å². The second kappa shape index (κ2) is 20.8. The van der Waals surface area contributed by atoms with Gasteiger partial charge in [0.05, 0.1) is 0 Å². The topological polar surface area (TPSA) is 52.6 Å². The molecule has 1 rings (SSSR count). The van der Waals surface area contributed by atoms with Crippen molar-refractivity contribution in [3.8, 4) is 0 Å². The molecule has 0 spiro atoms. The maximum absolute atomic E-state index is 12.1. The van der Waals surface area contributed by atoms with E-state index in [-0.39, 0.29) is 11.9 Å².